The summed E-state index contributed by atoms with van der Waals surface area (Å²) in [5, 5.41) is 11.6. The van der Waals surface area contributed by atoms with E-state index in [9.17, 15) is 9.59 Å². The molecule has 2 heterocycles. The van der Waals surface area contributed by atoms with Crippen molar-refractivity contribution in [2.24, 2.45) is 0 Å². The monoisotopic (exact) mass is 345 g/mol. The summed E-state index contributed by atoms with van der Waals surface area (Å²) in [5.41, 5.74) is 0. The predicted octanol–water partition coefficient (Wildman–Crippen LogP) is 0.973. The highest BCUT2D eigenvalue weighted by atomic mass is 32.2. The summed E-state index contributed by atoms with van der Waals surface area (Å²) in [4.78, 5) is 27.1. The highest BCUT2D eigenvalue weighted by molar-refractivity contribution is 8.01. The lowest BCUT2D eigenvalue weighted by Gasteiger charge is -2.33. The number of aromatic nitrogens is 2. The molecule has 1 aromatic heterocycles. The van der Waals surface area contributed by atoms with Crippen LogP contribution in [-0.2, 0) is 9.53 Å². The number of nitrogens with zero attached hydrogens (tertiary/aromatic N) is 4. The van der Waals surface area contributed by atoms with Crippen LogP contribution in [0.2, 0.25) is 0 Å². The van der Waals surface area contributed by atoms with Gasteiger partial charge in [-0.15, -0.1) is 10.2 Å². The van der Waals surface area contributed by atoms with Crippen molar-refractivity contribution in [2.45, 2.75) is 11.3 Å². The minimum atomic E-state index is -0.308. The molecule has 1 aliphatic rings. The first kappa shape index (κ1) is 16.8. The molecule has 0 aliphatic carbocycles. The van der Waals surface area contributed by atoms with Crippen molar-refractivity contribution in [2.75, 3.05) is 50.9 Å². The van der Waals surface area contributed by atoms with Crippen molar-refractivity contribution in [1.82, 2.24) is 20.0 Å². The normalized spacial score (nSPS) is 14.8. The predicted molar refractivity (Wildman–Crippen MR) is 85.4 cm³/mol. The summed E-state index contributed by atoms with van der Waals surface area (Å²) in [6.07, 6.45) is -0.308. The highest BCUT2D eigenvalue weighted by Gasteiger charge is 2.24. The van der Waals surface area contributed by atoms with Crippen LogP contribution < -0.4 is 5.32 Å². The second-order valence-corrected chi connectivity index (χ2v) is 6.68. The van der Waals surface area contributed by atoms with Gasteiger partial charge in [-0.25, -0.2) is 4.79 Å². The second-order valence-electron chi connectivity index (χ2n) is 4.48. The van der Waals surface area contributed by atoms with Gasteiger partial charge in [-0.05, 0) is 6.92 Å². The molecular weight excluding hydrogens is 326 g/mol. The molecule has 0 atom stereocenters. The summed E-state index contributed by atoms with van der Waals surface area (Å²) >= 11 is 2.80. The van der Waals surface area contributed by atoms with Crippen molar-refractivity contribution in [3.05, 3.63) is 0 Å². The van der Waals surface area contributed by atoms with E-state index in [0.717, 1.165) is 9.47 Å². The van der Waals surface area contributed by atoms with Crippen molar-refractivity contribution < 1.29 is 14.3 Å². The molecule has 0 unspecified atom stereocenters. The first-order chi connectivity index (χ1) is 10.6. The fraction of sp³-hybridized carbons (Fsp3) is 0.667. The van der Waals surface area contributed by atoms with Crippen LogP contribution in [0.15, 0.2) is 4.34 Å². The number of piperazine rings is 1. The summed E-state index contributed by atoms with van der Waals surface area (Å²) in [6.45, 7) is 4.25. The molecule has 1 aromatic rings. The summed E-state index contributed by atoms with van der Waals surface area (Å²) in [7, 11) is 1.78. The Bertz CT molecular complexity index is 517. The van der Waals surface area contributed by atoms with Crippen molar-refractivity contribution in [3.63, 3.8) is 0 Å². The number of amides is 2. The lowest BCUT2D eigenvalue weighted by molar-refractivity contribution is -0.129. The molecule has 0 bridgehead atoms. The number of carbonyl (C=O) groups excluding carboxylic acids is 2. The first-order valence-corrected chi connectivity index (χ1v) is 8.77. The third-order valence-corrected chi connectivity index (χ3v) is 5.16. The number of ether oxygens (including phenoxy) is 1. The largest absolute Gasteiger partial charge is 0.450 e. The van der Waals surface area contributed by atoms with Crippen molar-refractivity contribution in [1.29, 1.82) is 0 Å². The molecule has 8 nitrogen and oxygen atoms in total. The lowest BCUT2D eigenvalue weighted by atomic mass is 10.3. The van der Waals surface area contributed by atoms with Gasteiger partial charge < -0.3 is 19.9 Å². The summed E-state index contributed by atoms with van der Waals surface area (Å²) in [6, 6.07) is 0. The van der Waals surface area contributed by atoms with Crippen LogP contribution >= 0.6 is 23.1 Å². The van der Waals surface area contributed by atoms with E-state index >= 15 is 0 Å². The Labute approximate surface area is 137 Å². The zero-order chi connectivity index (χ0) is 15.9. The van der Waals surface area contributed by atoms with Gasteiger partial charge in [-0.1, -0.05) is 23.1 Å². The van der Waals surface area contributed by atoms with Crippen LogP contribution in [-0.4, -0.2) is 77.6 Å². The number of hydrogen-bond donors (Lipinski definition) is 1. The van der Waals surface area contributed by atoms with Crippen LogP contribution in [0.3, 0.4) is 0 Å². The van der Waals surface area contributed by atoms with Crippen LogP contribution in [0.4, 0.5) is 9.93 Å². The van der Waals surface area contributed by atoms with Gasteiger partial charge in [0, 0.05) is 33.2 Å². The Morgan fingerprint density at radius 3 is 2.55 bits per heavy atom. The second kappa shape index (κ2) is 8.18. The van der Waals surface area contributed by atoms with Crippen LogP contribution in [0.25, 0.3) is 0 Å². The molecule has 0 aromatic carbocycles. The standard InChI is InChI=1S/C12H19N5O3S2/c1-3-20-12(19)17-6-4-16(5-7-17)9(18)8-21-11-15-14-10(13-2)22-11/h3-8H2,1-2H3,(H,13,14). The SMILES string of the molecule is CCOC(=O)N1CCN(C(=O)CSc2nnc(NC)s2)CC1. The number of thioether (sulfide) groups is 1. The molecule has 1 N–H and O–H groups in total. The fourth-order valence-corrected chi connectivity index (χ4v) is 3.55. The van der Waals surface area contributed by atoms with Crippen LogP contribution in [0.1, 0.15) is 6.92 Å². The number of rotatable bonds is 5. The molecule has 1 fully saturated rings. The van der Waals surface area contributed by atoms with Gasteiger partial charge in [0.05, 0.1) is 12.4 Å². The molecule has 122 valence electrons. The van der Waals surface area contributed by atoms with Crippen molar-refractivity contribution >= 4 is 40.2 Å². The molecule has 10 heteroatoms. The third kappa shape index (κ3) is 4.47. The Morgan fingerprint density at radius 1 is 1.27 bits per heavy atom. The minimum Gasteiger partial charge on any atom is -0.450 e. The van der Waals surface area contributed by atoms with E-state index in [1.54, 1.807) is 23.8 Å². The smallest absolute Gasteiger partial charge is 0.409 e. The van der Waals surface area contributed by atoms with Crippen LogP contribution in [0, 0.1) is 0 Å². The quantitative estimate of drug-likeness (QED) is 0.796. The Balaban J connectivity index is 1.74. The van der Waals surface area contributed by atoms with Gasteiger partial charge in [0.1, 0.15) is 0 Å². The van der Waals surface area contributed by atoms with Crippen LogP contribution in [0.5, 0.6) is 0 Å². The fourth-order valence-electron chi connectivity index (χ4n) is 1.94. The Morgan fingerprint density at radius 2 is 1.95 bits per heavy atom. The van der Waals surface area contributed by atoms with Gasteiger partial charge in [0.15, 0.2) is 4.34 Å². The molecule has 2 rings (SSSR count). The van der Waals surface area contributed by atoms with E-state index in [2.05, 4.69) is 15.5 Å². The Kier molecular flexibility index (Phi) is 6.25. The first-order valence-electron chi connectivity index (χ1n) is 6.97. The zero-order valence-corrected chi connectivity index (χ0v) is 14.2. The van der Waals surface area contributed by atoms with Gasteiger partial charge >= 0.3 is 6.09 Å². The summed E-state index contributed by atoms with van der Waals surface area (Å²) < 4.78 is 5.72. The maximum absolute atomic E-state index is 12.2. The van der Waals surface area contributed by atoms with E-state index < -0.39 is 0 Å². The zero-order valence-electron chi connectivity index (χ0n) is 12.6. The highest BCUT2D eigenvalue weighted by Crippen LogP contribution is 2.25. The summed E-state index contributed by atoms with van der Waals surface area (Å²) in [5.74, 6) is 0.382. The molecule has 0 radical (unpaired) electrons. The molecule has 0 saturated carbocycles. The third-order valence-electron chi connectivity index (χ3n) is 3.10. The molecule has 2 amide bonds. The average Bonchev–Trinajstić information content (AvgIpc) is 3.01. The van der Waals surface area contributed by atoms with E-state index in [-0.39, 0.29) is 12.0 Å². The molecule has 1 saturated heterocycles. The Hall–Kier alpha value is -1.55. The number of anilines is 1. The van der Waals surface area contributed by atoms with Gasteiger partial charge in [0.2, 0.25) is 11.0 Å². The van der Waals surface area contributed by atoms with Gasteiger partial charge in [-0.2, -0.15) is 0 Å². The van der Waals surface area contributed by atoms with Crippen molar-refractivity contribution in [3.8, 4) is 0 Å². The lowest BCUT2D eigenvalue weighted by Crippen LogP contribution is -2.51. The molecule has 0 spiro atoms. The molecular formula is C12H19N5O3S2. The van der Waals surface area contributed by atoms with E-state index in [1.807, 2.05) is 0 Å². The molecule has 1 aliphatic heterocycles. The topological polar surface area (TPSA) is 87.7 Å². The number of carbonyl (C=O) groups is 2. The number of hydrogen-bond acceptors (Lipinski definition) is 8. The number of nitrogens with one attached hydrogen (secondary N) is 1. The van der Waals surface area contributed by atoms with E-state index in [4.69, 9.17) is 4.74 Å². The molecule has 22 heavy (non-hydrogen) atoms. The van der Waals surface area contributed by atoms with Gasteiger partial charge in [-0.3, -0.25) is 4.79 Å². The van der Waals surface area contributed by atoms with E-state index in [1.165, 1.54) is 23.1 Å². The van der Waals surface area contributed by atoms with Gasteiger partial charge in [0.25, 0.3) is 0 Å². The van der Waals surface area contributed by atoms with E-state index in [0.29, 0.717) is 38.5 Å². The maximum Gasteiger partial charge on any atom is 0.409 e. The minimum absolute atomic E-state index is 0.0507. The average molecular weight is 345 g/mol. The maximum atomic E-state index is 12.2.